The maximum absolute atomic E-state index is 12.4. The molecule has 6 heteroatoms. The largest absolute Gasteiger partial charge is 0.326 e. The third-order valence-corrected chi connectivity index (χ3v) is 3.33. The molecule has 6 nitrogen and oxygen atoms in total. The van der Waals surface area contributed by atoms with Gasteiger partial charge in [0.25, 0.3) is 5.91 Å². The van der Waals surface area contributed by atoms with E-state index in [4.69, 9.17) is 0 Å². The van der Waals surface area contributed by atoms with Crippen molar-refractivity contribution < 1.29 is 14.4 Å². The van der Waals surface area contributed by atoms with Gasteiger partial charge in [0.05, 0.1) is 0 Å². The van der Waals surface area contributed by atoms with E-state index in [1.165, 1.54) is 6.92 Å². The number of hydrogen-bond acceptors (Lipinski definition) is 3. The monoisotopic (exact) mass is 339 g/mol. The molecule has 0 atom stereocenters. The average Bonchev–Trinajstić information content (AvgIpc) is 2.55. The third kappa shape index (κ3) is 5.76. The van der Waals surface area contributed by atoms with Gasteiger partial charge in [-0.3, -0.25) is 14.4 Å². The summed E-state index contributed by atoms with van der Waals surface area (Å²) < 4.78 is 0. The van der Waals surface area contributed by atoms with Gasteiger partial charge >= 0.3 is 0 Å². The Hall–Kier alpha value is -3.15. The van der Waals surface area contributed by atoms with E-state index in [-0.39, 0.29) is 17.7 Å². The summed E-state index contributed by atoms with van der Waals surface area (Å²) >= 11 is 0. The maximum atomic E-state index is 12.4. The molecule has 0 bridgehead atoms. The molecule has 3 amide bonds. The smallest absolute Gasteiger partial charge is 0.255 e. The van der Waals surface area contributed by atoms with E-state index in [2.05, 4.69) is 16.0 Å². The van der Waals surface area contributed by atoms with Crippen LogP contribution >= 0.6 is 0 Å². The number of benzene rings is 2. The van der Waals surface area contributed by atoms with Crippen molar-refractivity contribution >= 4 is 34.8 Å². The fraction of sp³-hybridized carbons (Fsp3) is 0.211. The number of amides is 3. The molecule has 0 radical (unpaired) electrons. The summed E-state index contributed by atoms with van der Waals surface area (Å²) in [6.45, 7) is 3.34. The second-order valence-electron chi connectivity index (χ2n) is 5.60. The molecule has 0 heterocycles. The summed E-state index contributed by atoms with van der Waals surface area (Å²) in [5, 5.41) is 8.21. The quantitative estimate of drug-likeness (QED) is 0.751. The van der Waals surface area contributed by atoms with Crippen LogP contribution in [-0.2, 0) is 9.59 Å². The molecule has 2 aromatic rings. The molecule has 0 unspecified atom stereocenters. The first kappa shape index (κ1) is 18.2. The molecular weight excluding hydrogens is 318 g/mol. The number of rotatable bonds is 6. The van der Waals surface area contributed by atoms with Crippen molar-refractivity contribution in [3.05, 3.63) is 54.1 Å². The molecule has 2 aromatic carbocycles. The lowest BCUT2D eigenvalue weighted by Gasteiger charge is -2.09. The fourth-order valence-electron chi connectivity index (χ4n) is 2.27. The molecule has 0 fully saturated rings. The lowest BCUT2D eigenvalue weighted by molar-refractivity contribution is -0.116. The zero-order valence-corrected chi connectivity index (χ0v) is 14.3. The zero-order chi connectivity index (χ0) is 18.2. The summed E-state index contributed by atoms with van der Waals surface area (Å²) in [5.41, 5.74) is 2.18. The van der Waals surface area contributed by atoms with Crippen LogP contribution in [0.25, 0.3) is 0 Å². The van der Waals surface area contributed by atoms with E-state index in [9.17, 15) is 14.4 Å². The Labute approximate surface area is 146 Å². The van der Waals surface area contributed by atoms with Crippen molar-refractivity contribution in [2.24, 2.45) is 0 Å². The minimum atomic E-state index is -0.302. The topological polar surface area (TPSA) is 87.3 Å². The van der Waals surface area contributed by atoms with Gasteiger partial charge in [0, 0.05) is 36.0 Å². The van der Waals surface area contributed by atoms with E-state index in [0.29, 0.717) is 29.0 Å². The predicted molar refractivity (Wildman–Crippen MR) is 98.7 cm³/mol. The number of nitrogens with one attached hydrogen (secondary N) is 3. The SMILES string of the molecule is CCCC(=O)Nc1cccc(NC(=O)c2cccc(NC(C)=O)c2)c1. The van der Waals surface area contributed by atoms with E-state index < -0.39 is 0 Å². The summed E-state index contributed by atoms with van der Waals surface area (Å²) in [6, 6.07) is 13.6. The van der Waals surface area contributed by atoms with Gasteiger partial charge in [-0.1, -0.05) is 19.1 Å². The van der Waals surface area contributed by atoms with Crippen molar-refractivity contribution in [1.29, 1.82) is 0 Å². The Kier molecular flexibility index (Phi) is 6.28. The summed E-state index contributed by atoms with van der Waals surface area (Å²) in [7, 11) is 0. The molecule has 130 valence electrons. The minimum absolute atomic E-state index is 0.0611. The van der Waals surface area contributed by atoms with Crippen molar-refractivity contribution in [3.63, 3.8) is 0 Å². The molecule has 25 heavy (non-hydrogen) atoms. The Morgan fingerprint density at radius 1 is 0.840 bits per heavy atom. The van der Waals surface area contributed by atoms with Gasteiger partial charge < -0.3 is 16.0 Å². The average molecular weight is 339 g/mol. The van der Waals surface area contributed by atoms with Crippen LogP contribution in [0.3, 0.4) is 0 Å². The van der Waals surface area contributed by atoms with Crippen LogP contribution in [0.2, 0.25) is 0 Å². The van der Waals surface area contributed by atoms with Crippen LogP contribution in [0.4, 0.5) is 17.1 Å². The highest BCUT2D eigenvalue weighted by molar-refractivity contribution is 6.05. The molecule has 0 saturated heterocycles. The second kappa shape index (κ2) is 8.63. The predicted octanol–water partition coefficient (Wildman–Crippen LogP) is 3.64. The van der Waals surface area contributed by atoms with Crippen LogP contribution in [0.15, 0.2) is 48.5 Å². The van der Waals surface area contributed by atoms with E-state index >= 15 is 0 Å². The lowest BCUT2D eigenvalue weighted by atomic mass is 10.1. The van der Waals surface area contributed by atoms with Crippen molar-refractivity contribution in [2.75, 3.05) is 16.0 Å². The molecule has 0 aliphatic carbocycles. The number of anilines is 3. The normalized spacial score (nSPS) is 10.0. The molecule has 0 aliphatic heterocycles. The lowest BCUT2D eigenvalue weighted by Crippen LogP contribution is -2.14. The van der Waals surface area contributed by atoms with Crippen molar-refractivity contribution in [3.8, 4) is 0 Å². The Morgan fingerprint density at radius 2 is 1.44 bits per heavy atom. The number of carbonyl (C=O) groups is 3. The highest BCUT2D eigenvalue weighted by Gasteiger charge is 2.08. The van der Waals surface area contributed by atoms with Gasteiger partial charge in [0.2, 0.25) is 11.8 Å². The van der Waals surface area contributed by atoms with Crippen molar-refractivity contribution in [1.82, 2.24) is 0 Å². The fourth-order valence-corrected chi connectivity index (χ4v) is 2.27. The summed E-state index contributed by atoms with van der Waals surface area (Å²) in [4.78, 5) is 35.1. The van der Waals surface area contributed by atoms with Crippen LogP contribution in [0.5, 0.6) is 0 Å². The molecule has 2 rings (SSSR count). The van der Waals surface area contributed by atoms with Gasteiger partial charge in [-0.25, -0.2) is 0 Å². The Balaban J connectivity index is 2.07. The van der Waals surface area contributed by atoms with E-state index in [1.54, 1.807) is 48.5 Å². The molecule has 3 N–H and O–H groups in total. The first-order valence-electron chi connectivity index (χ1n) is 8.07. The van der Waals surface area contributed by atoms with Gasteiger partial charge in [-0.2, -0.15) is 0 Å². The standard InChI is InChI=1S/C19H21N3O3/c1-3-6-18(24)21-16-9-5-10-17(12-16)22-19(25)14-7-4-8-15(11-14)20-13(2)23/h4-5,7-12H,3,6H2,1-2H3,(H,20,23)(H,21,24)(H,22,25). The van der Waals surface area contributed by atoms with E-state index in [1.807, 2.05) is 6.92 Å². The third-order valence-electron chi connectivity index (χ3n) is 3.33. The molecule has 0 saturated carbocycles. The zero-order valence-electron chi connectivity index (χ0n) is 14.3. The molecular formula is C19H21N3O3. The van der Waals surface area contributed by atoms with Gasteiger partial charge in [0.15, 0.2) is 0 Å². The summed E-state index contributed by atoms with van der Waals surface area (Å²) in [5.74, 6) is -0.564. The van der Waals surface area contributed by atoms with E-state index in [0.717, 1.165) is 6.42 Å². The summed E-state index contributed by atoms with van der Waals surface area (Å²) in [6.07, 6.45) is 1.22. The van der Waals surface area contributed by atoms with Gasteiger partial charge in [0.1, 0.15) is 0 Å². The second-order valence-corrected chi connectivity index (χ2v) is 5.60. The Morgan fingerprint density at radius 3 is 2.08 bits per heavy atom. The minimum Gasteiger partial charge on any atom is -0.326 e. The van der Waals surface area contributed by atoms with Crippen LogP contribution < -0.4 is 16.0 Å². The number of hydrogen-bond donors (Lipinski definition) is 3. The highest BCUT2D eigenvalue weighted by atomic mass is 16.2. The first-order chi connectivity index (χ1) is 12.0. The van der Waals surface area contributed by atoms with Crippen LogP contribution in [0.1, 0.15) is 37.0 Å². The Bertz CT molecular complexity index is 787. The molecule has 0 spiro atoms. The van der Waals surface area contributed by atoms with Crippen LogP contribution in [-0.4, -0.2) is 17.7 Å². The maximum Gasteiger partial charge on any atom is 0.255 e. The van der Waals surface area contributed by atoms with Gasteiger partial charge in [-0.05, 0) is 42.8 Å². The van der Waals surface area contributed by atoms with Crippen LogP contribution in [0, 0.1) is 0 Å². The number of carbonyl (C=O) groups excluding carboxylic acids is 3. The molecule has 0 aromatic heterocycles. The van der Waals surface area contributed by atoms with Crippen molar-refractivity contribution in [2.45, 2.75) is 26.7 Å². The highest BCUT2D eigenvalue weighted by Crippen LogP contribution is 2.17. The molecule has 0 aliphatic rings. The van der Waals surface area contributed by atoms with Gasteiger partial charge in [-0.15, -0.1) is 0 Å². The first-order valence-corrected chi connectivity index (χ1v) is 8.07.